The van der Waals surface area contributed by atoms with Crippen molar-refractivity contribution in [1.82, 2.24) is 5.32 Å². The molecule has 1 fully saturated rings. The molecule has 0 aromatic heterocycles. The zero-order valence-corrected chi connectivity index (χ0v) is 5.02. The Balaban J connectivity index is 1.74. The smallest absolute Gasteiger partial charge is 0.0834 e. The molecule has 0 aromatic rings. The third kappa shape index (κ3) is 2.28. The van der Waals surface area contributed by atoms with Crippen LogP contribution in [0.5, 0.6) is 0 Å². The highest BCUT2D eigenvalue weighted by Crippen LogP contribution is 2.17. The fourth-order valence-electron chi connectivity index (χ4n) is 0.666. The molecule has 0 bridgehead atoms. The monoisotopic (exact) mass is 114 g/mol. The van der Waals surface area contributed by atoms with Gasteiger partial charge in [0.2, 0.25) is 0 Å². The predicted molar refractivity (Wildman–Crippen MR) is 31.2 cm³/mol. The Hall–Kier alpha value is -0.0800. The van der Waals surface area contributed by atoms with Crippen LogP contribution < -0.4 is 5.32 Å². The minimum Gasteiger partial charge on any atom is -0.314 e. The van der Waals surface area contributed by atoms with Gasteiger partial charge in [-0.1, -0.05) is 0 Å². The topological polar surface area (TPSA) is 31.9 Å². The lowest BCUT2D eigenvalue weighted by Crippen LogP contribution is -2.17. The van der Waals surface area contributed by atoms with Crippen molar-refractivity contribution in [3.63, 3.8) is 0 Å². The lowest BCUT2D eigenvalue weighted by atomic mass is 10.4. The van der Waals surface area contributed by atoms with Crippen molar-refractivity contribution in [3.8, 4) is 0 Å². The summed E-state index contributed by atoms with van der Waals surface area (Å²) in [7, 11) is 0. The van der Waals surface area contributed by atoms with Crippen molar-refractivity contribution < 1.29 is 5.11 Å². The SMILES string of the molecule is [O]CCCNC1CC1. The molecule has 0 aromatic carbocycles. The van der Waals surface area contributed by atoms with Gasteiger partial charge in [-0.15, -0.1) is 0 Å². The summed E-state index contributed by atoms with van der Waals surface area (Å²) in [5.41, 5.74) is 0. The number of hydrogen-bond donors (Lipinski definition) is 1. The Morgan fingerprint density at radius 2 is 2.25 bits per heavy atom. The molecule has 2 heteroatoms. The highest BCUT2D eigenvalue weighted by atomic mass is 16.3. The van der Waals surface area contributed by atoms with Crippen LogP contribution in [0, 0.1) is 0 Å². The van der Waals surface area contributed by atoms with E-state index in [2.05, 4.69) is 5.32 Å². The average molecular weight is 114 g/mol. The molecule has 1 aliphatic carbocycles. The Morgan fingerprint density at radius 1 is 1.50 bits per heavy atom. The molecule has 1 aliphatic rings. The first kappa shape index (κ1) is 6.05. The average Bonchev–Trinajstić information content (AvgIpc) is 2.51. The second-order valence-corrected chi connectivity index (χ2v) is 2.29. The number of hydrogen-bond acceptors (Lipinski definition) is 1. The fraction of sp³-hybridized carbons (Fsp3) is 1.00. The minimum atomic E-state index is 0.0692. The summed E-state index contributed by atoms with van der Waals surface area (Å²) >= 11 is 0. The molecule has 1 N–H and O–H groups in total. The third-order valence-electron chi connectivity index (χ3n) is 1.33. The van der Waals surface area contributed by atoms with Gasteiger partial charge in [0.25, 0.3) is 0 Å². The number of nitrogens with one attached hydrogen (secondary N) is 1. The van der Waals surface area contributed by atoms with Crippen molar-refractivity contribution in [2.75, 3.05) is 13.2 Å². The fourth-order valence-corrected chi connectivity index (χ4v) is 0.666. The summed E-state index contributed by atoms with van der Waals surface area (Å²) in [5, 5.41) is 13.1. The molecule has 1 radical (unpaired) electrons. The van der Waals surface area contributed by atoms with Crippen LogP contribution in [0.25, 0.3) is 0 Å². The lowest BCUT2D eigenvalue weighted by molar-refractivity contribution is 0.188. The predicted octanol–water partition coefficient (Wildman–Crippen LogP) is 0.559. The second kappa shape index (κ2) is 3.05. The van der Waals surface area contributed by atoms with Gasteiger partial charge in [0.05, 0.1) is 6.61 Å². The van der Waals surface area contributed by atoms with Gasteiger partial charge in [-0.05, 0) is 25.8 Å². The van der Waals surface area contributed by atoms with E-state index in [0.717, 1.165) is 19.0 Å². The molecule has 0 saturated heterocycles. The summed E-state index contributed by atoms with van der Waals surface area (Å²) in [6.45, 7) is 0.994. The molecule has 47 valence electrons. The van der Waals surface area contributed by atoms with Crippen LogP contribution in [0.4, 0.5) is 0 Å². The van der Waals surface area contributed by atoms with Gasteiger partial charge in [-0.2, -0.15) is 0 Å². The van der Waals surface area contributed by atoms with E-state index in [-0.39, 0.29) is 6.61 Å². The maximum absolute atomic E-state index is 9.89. The molecule has 8 heavy (non-hydrogen) atoms. The summed E-state index contributed by atoms with van der Waals surface area (Å²) in [6.07, 6.45) is 3.42. The molecule has 0 heterocycles. The first-order valence-electron chi connectivity index (χ1n) is 3.25. The van der Waals surface area contributed by atoms with E-state index >= 15 is 0 Å². The largest absolute Gasteiger partial charge is 0.314 e. The normalized spacial score (nSPS) is 19.1. The molecule has 0 unspecified atom stereocenters. The summed E-state index contributed by atoms with van der Waals surface area (Å²) in [4.78, 5) is 0. The van der Waals surface area contributed by atoms with Gasteiger partial charge in [-0.3, -0.25) is 0 Å². The second-order valence-electron chi connectivity index (χ2n) is 2.29. The molecule has 0 aliphatic heterocycles. The van der Waals surface area contributed by atoms with E-state index in [1.165, 1.54) is 12.8 Å². The number of rotatable bonds is 4. The van der Waals surface area contributed by atoms with Crippen molar-refractivity contribution >= 4 is 0 Å². The molecular weight excluding hydrogens is 102 g/mol. The quantitative estimate of drug-likeness (QED) is 0.532. The van der Waals surface area contributed by atoms with Gasteiger partial charge in [0.15, 0.2) is 0 Å². The molecular formula is C6H12NO. The third-order valence-corrected chi connectivity index (χ3v) is 1.33. The summed E-state index contributed by atoms with van der Waals surface area (Å²) in [5.74, 6) is 0. The minimum absolute atomic E-state index is 0.0692. The van der Waals surface area contributed by atoms with E-state index in [1.54, 1.807) is 0 Å². The van der Waals surface area contributed by atoms with Crippen LogP contribution in [0.2, 0.25) is 0 Å². The zero-order chi connectivity index (χ0) is 5.82. The van der Waals surface area contributed by atoms with Crippen molar-refractivity contribution in [3.05, 3.63) is 0 Å². The van der Waals surface area contributed by atoms with Gasteiger partial charge >= 0.3 is 0 Å². The van der Waals surface area contributed by atoms with Crippen LogP contribution in [-0.2, 0) is 5.11 Å². The molecule has 0 atom stereocenters. The molecule has 1 rings (SSSR count). The highest BCUT2D eigenvalue weighted by molar-refractivity contribution is 4.80. The van der Waals surface area contributed by atoms with Crippen molar-refractivity contribution in [1.29, 1.82) is 0 Å². The van der Waals surface area contributed by atoms with Crippen molar-refractivity contribution in [2.24, 2.45) is 0 Å². The van der Waals surface area contributed by atoms with Gasteiger partial charge in [-0.25, -0.2) is 5.11 Å². The Morgan fingerprint density at radius 3 is 2.75 bits per heavy atom. The molecule has 0 spiro atoms. The van der Waals surface area contributed by atoms with Crippen LogP contribution in [0.1, 0.15) is 19.3 Å². The van der Waals surface area contributed by atoms with E-state index in [1.807, 2.05) is 0 Å². The maximum Gasteiger partial charge on any atom is 0.0834 e. The highest BCUT2D eigenvalue weighted by Gasteiger charge is 2.19. The molecule has 0 amide bonds. The van der Waals surface area contributed by atoms with Gasteiger partial charge < -0.3 is 5.32 Å². The summed E-state index contributed by atoms with van der Waals surface area (Å²) in [6, 6.07) is 0.765. The zero-order valence-electron chi connectivity index (χ0n) is 5.02. The standard InChI is InChI=1S/C6H12NO/c8-5-1-4-7-6-2-3-6/h6-7H,1-5H2. The van der Waals surface area contributed by atoms with Gasteiger partial charge in [0, 0.05) is 6.04 Å². The van der Waals surface area contributed by atoms with Crippen LogP contribution >= 0.6 is 0 Å². The molecule has 1 saturated carbocycles. The van der Waals surface area contributed by atoms with Crippen LogP contribution in [0.15, 0.2) is 0 Å². The Kier molecular flexibility index (Phi) is 2.30. The Bertz CT molecular complexity index is 61.5. The first-order chi connectivity index (χ1) is 3.93. The van der Waals surface area contributed by atoms with Gasteiger partial charge in [0.1, 0.15) is 0 Å². The van der Waals surface area contributed by atoms with E-state index in [9.17, 15) is 5.11 Å². The van der Waals surface area contributed by atoms with E-state index in [4.69, 9.17) is 0 Å². The first-order valence-corrected chi connectivity index (χ1v) is 3.25. The van der Waals surface area contributed by atoms with E-state index < -0.39 is 0 Å². The summed E-state index contributed by atoms with van der Waals surface area (Å²) < 4.78 is 0. The molecule has 2 nitrogen and oxygen atoms in total. The van der Waals surface area contributed by atoms with E-state index in [0.29, 0.717) is 0 Å². The van der Waals surface area contributed by atoms with Crippen molar-refractivity contribution in [2.45, 2.75) is 25.3 Å². The van der Waals surface area contributed by atoms with Crippen LogP contribution in [0.3, 0.4) is 0 Å². The lowest BCUT2D eigenvalue weighted by Gasteiger charge is -1.96. The Labute approximate surface area is 49.9 Å². The van der Waals surface area contributed by atoms with Crippen LogP contribution in [-0.4, -0.2) is 19.2 Å². The maximum atomic E-state index is 9.89.